The molecule has 0 saturated carbocycles. The number of anilines is 1. The number of rotatable bonds is 2. The number of aliphatic hydroxyl groups excluding tert-OH is 1. The van der Waals surface area contributed by atoms with Gasteiger partial charge in [-0.15, -0.1) is 0 Å². The average Bonchev–Trinajstić information content (AvgIpc) is 2.29. The second-order valence-corrected chi connectivity index (χ2v) is 4.00. The van der Waals surface area contributed by atoms with E-state index in [0.717, 1.165) is 16.6 Å². The molecule has 0 aliphatic carbocycles. The van der Waals surface area contributed by atoms with E-state index < -0.39 is 12.0 Å². The van der Waals surface area contributed by atoms with Gasteiger partial charge < -0.3 is 10.4 Å². The molecule has 0 fully saturated rings. The molecule has 1 unspecified atom stereocenters. The molecule has 0 bridgehead atoms. The van der Waals surface area contributed by atoms with Crippen LogP contribution in [0.3, 0.4) is 0 Å². The monoisotopic (exact) mass is 230 g/mol. The van der Waals surface area contributed by atoms with Crippen LogP contribution in [-0.2, 0) is 4.79 Å². The van der Waals surface area contributed by atoms with Gasteiger partial charge in [0.2, 0.25) is 0 Å². The Morgan fingerprint density at radius 3 is 2.82 bits per heavy atom. The summed E-state index contributed by atoms with van der Waals surface area (Å²) in [5.41, 5.74) is 2.25. The third kappa shape index (κ3) is 2.42. The van der Waals surface area contributed by atoms with Crippen LogP contribution in [0.4, 0.5) is 5.69 Å². The van der Waals surface area contributed by atoms with E-state index in [4.69, 9.17) is 0 Å². The van der Waals surface area contributed by atoms with Gasteiger partial charge >= 0.3 is 0 Å². The lowest BCUT2D eigenvalue weighted by molar-refractivity contribution is -0.123. The fraction of sp³-hybridized carbons (Fsp3) is 0.231. The Balaban J connectivity index is 2.46. The average molecular weight is 230 g/mol. The first-order valence-electron chi connectivity index (χ1n) is 5.43. The van der Waals surface area contributed by atoms with Crippen LogP contribution in [0.5, 0.6) is 0 Å². The minimum absolute atomic E-state index is 0.430. The van der Waals surface area contributed by atoms with Crippen molar-refractivity contribution in [1.29, 1.82) is 0 Å². The van der Waals surface area contributed by atoms with E-state index in [9.17, 15) is 9.90 Å². The molecular weight excluding hydrogens is 216 g/mol. The Morgan fingerprint density at radius 2 is 2.12 bits per heavy atom. The van der Waals surface area contributed by atoms with E-state index in [2.05, 4.69) is 10.3 Å². The van der Waals surface area contributed by atoms with Crippen molar-refractivity contribution in [3.05, 3.63) is 36.0 Å². The Kier molecular flexibility index (Phi) is 3.06. The summed E-state index contributed by atoms with van der Waals surface area (Å²) < 4.78 is 0. The Bertz CT molecular complexity index is 564. The summed E-state index contributed by atoms with van der Waals surface area (Å²) in [5.74, 6) is -0.430. The van der Waals surface area contributed by atoms with Crippen LogP contribution >= 0.6 is 0 Å². The van der Waals surface area contributed by atoms with Crippen LogP contribution in [0, 0.1) is 6.92 Å². The largest absolute Gasteiger partial charge is 0.384 e. The molecule has 0 spiro atoms. The molecule has 4 heteroatoms. The predicted octanol–water partition coefficient (Wildman–Crippen LogP) is 1.86. The summed E-state index contributed by atoms with van der Waals surface area (Å²) in [5, 5.41) is 12.8. The van der Waals surface area contributed by atoms with Crippen molar-refractivity contribution in [3.8, 4) is 0 Å². The first-order valence-corrected chi connectivity index (χ1v) is 5.43. The number of nitrogens with one attached hydrogen (secondary N) is 1. The molecule has 4 nitrogen and oxygen atoms in total. The molecule has 2 N–H and O–H groups in total. The summed E-state index contributed by atoms with van der Waals surface area (Å²) in [6, 6.07) is 9.42. The van der Waals surface area contributed by atoms with Gasteiger partial charge in [-0.05, 0) is 26.0 Å². The van der Waals surface area contributed by atoms with Crippen molar-refractivity contribution < 1.29 is 9.90 Å². The third-order valence-electron chi connectivity index (χ3n) is 2.50. The summed E-state index contributed by atoms with van der Waals surface area (Å²) in [6.45, 7) is 3.33. The number of fused-ring (bicyclic) bond motifs is 1. The number of benzene rings is 1. The van der Waals surface area contributed by atoms with Gasteiger partial charge in [0.15, 0.2) is 0 Å². The van der Waals surface area contributed by atoms with E-state index in [1.165, 1.54) is 6.92 Å². The van der Waals surface area contributed by atoms with Gasteiger partial charge in [-0.25, -0.2) is 0 Å². The van der Waals surface area contributed by atoms with Crippen LogP contribution < -0.4 is 5.32 Å². The summed E-state index contributed by atoms with van der Waals surface area (Å²) in [7, 11) is 0. The number of hydrogen-bond acceptors (Lipinski definition) is 3. The fourth-order valence-electron chi connectivity index (χ4n) is 1.58. The highest BCUT2D eigenvalue weighted by molar-refractivity contribution is 6.01. The number of carbonyl (C=O) groups excluding carboxylic acids is 1. The lowest BCUT2D eigenvalue weighted by Gasteiger charge is -2.09. The maximum atomic E-state index is 11.5. The maximum absolute atomic E-state index is 11.5. The number of amides is 1. The van der Waals surface area contributed by atoms with Gasteiger partial charge in [-0.1, -0.05) is 18.2 Å². The Morgan fingerprint density at radius 1 is 1.35 bits per heavy atom. The van der Waals surface area contributed by atoms with Crippen molar-refractivity contribution >= 4 is 22.5 Å². The number of para-hydroxylation sites is 1. The molecule has 0 radical (unpaired) electrons. The molecule has 1 atom stereocenters. The smallest absolute Gasteiger partial charge is 0.252 e. The first kappa shape index (κ1) is 11.5. The molecule has 1 aromatic carbocycles. The lowest BCUT2D eigenvalue weighted by atomic mass is 10.1. The SMILES string of the molecule is Cc1ccc2cccc(NC(=O)C(C)O)c2n1. The van der Waals surface area contributed by atoms with E-state index in [1.54, 1.807) is 6.07 Å². The molecule has 1 amide bonds. The van der Waals surface area contributed by atoms with E-state index in [1.807, 2.05) is 31.2 Å². The van der Waals surface area contributed by atoms with Crippen LogP contribution in [0.1, 0.15) is 12.6 Å². The topological polar surface area (TPSA) is 62.2 Å². The van der Waals surface area contributed by atoms with E-state index >= 15 is 0 Å². The second kappa shape index (κ2) is 4.51. The molecule has 88 valence electrons. The van der Waals surface area contributed by atoms with Crippen molar-refractivity contribution in [2.75, 3.05) is 5.32 Å². The molecule has 2 aromatic rings. The number of carbonyl (C=O) groups is 1. The maximum Gasteiger partial charge on any atom is 0.252 e. The van der Waals surface area contributed by atoms with Gasteiger partial charge in [-0.2, -0.15) is 0 Å². The molecule has 2 rings (SSSR count). The van der Waals surface area contributed by atoms with E-state index in [-0.39, 0.29) is 0 Å². The van der Waals surface area contributed by atoms with Gasteiger partial charge in [0.1, 0.15) is 6.10 Å². The molecule has 1 aromatic heterocycles. The summed E-state index contributed by atoms with van der Waals surface area (Å²) >= 11 is 0. The van der Waals surface area contributed by atoms with Crippen molar-refractivity contribution in [2.24, 2.45) is 0 Å². The van der Waals surface area contributed by atoms with E-state index in [0.29, 0.717) is 5.69 Å². The first-order chi connectivity index (χ1) is 8.08. The fourth-order valence-corrected chi connectivity index (χ4v) is 1.58. The van der Waals surface area contributed by atoms with Crippen LogP contribution in [-0.4, -0.2) is 22.1 Å². The van der Waals surface area contributed by atoms with Gasteiger partial charge in [0.25, 0.3) is 5.91 Å². The zero-order valence-corrected chi connectivity index (χ0v) is 9.77. The number of aromatic nitrogens is 1. The van der Waals surface area contributed by atoms with Gasteiger partial charge in [0.05, 0.1) is 11.2 Å². The van der Waals surface area contributed by atoms with Crippen molar-refractivity contribution in [3.63, 3.8) is 0 Å². The molecule has 0 aliphatic rings. The quantitative estimate of drug-likeness (QED) is 0.827. The Hall–Kier alpha value is -1.94. The molecular formula is C13H14N2O2. The molecule has 0 aliphatic heterocycles. The van der Waals surface area contributed by atoms with Gasteiger partial charge in [-0.3, -0.25) is 9.78 Å². The molecule has 17 heavy (non-hydrogen) atoms. The zero-order valence-electron chi connectivity index (χ0n) is 9.77. The summed E-state index contributed by atoms with van der Waals surface area (Å²) in [4.78, 5) is 15.8. The minimum Gasteiger partial charge on any atom is -0.384 e. The number of hydrogen-bond donors (Lipinski definition) is 2. The molecule has 0 saturated heterocycles. The van der Waals surface area contributed by atoms with Crippen molar-refractivity contribution in [2.45, 2.75) is 20.0 Å². The normalized spacial score (nSPS) is 12.4. The lowest BCUT2D eigenvalue weighted by Crippen LogP contribution is -2.24. The number of pyridine rings is 1. The predicted molar refractivity (Wildman–Crippen MR) is 66.8 cm³/mol. The second-order valence-electron chi connectivity index (χ2n) is 4.00. The van der Waals surface area contributed by atoms with Crippen molar-refractivity contribution in [1.82, 2.24) is 4.98 Å². The summed E-state index contributed by atoms with van der Waals surface area (Å²) in [6.07, 6.45) is -1.03. The molecule has 1 heterocycles. The Labute approximate surface area is 99.3 Å². The number of aryl methyl sites for hydroxylation is 1. The minimum atomic E-state index is -1.03. The van der Waals surface area contributed by atoms with Gasteiger partial charge in [0, 0.05) is 11.1 Å². The van der Waals surface area contributed by atoms with Crippen LogP contribution in [0.25, 0.3) is 10.9 Å². The number of aliphatic hydroxyl groups is 1. The van der Waals surface area contributed by atoms with Crippen LogP contribution in [0.2, 0.25) is 0 Å². The highest BCUT2D eigenvalue weighted by atomic mass is 16.3. The highest BCUT2D eigenvalue weighted by Gasteiger charge is 2.11. The number of nitrogens with zero attached hydrogens (tertiary/aromatic N) is 1. The highest BCUT2D eigenvalue weighted by Crippen LogP contribution is 2.21. The third-order valence-corrected chi connectivity index (χ3v) is 2.50. The standard InChI is InChI=1S/C13H14N2O2/c1-8-6-7-10-4-3-5-11(12(10)14-8)15-13(17)9(2)16/h3-7,9,16H,1-2H3,(H,15,17). The van der Waals surface area contributed by atoms with Crippen LogP contribution in [0.15, 0.2) is 30.3 Å². The zero-order chi connectivity index (χ0) is 12.4.